The van der Waals surface area contributed by atoms with Gasteiger partial charge in [-0.05, 0) is 48.9 Å². The van der Waals surface area contributed by atoms with Gasteiger partial charge in [0.25, 0.3) is 0 Å². The quantitative estimate of drug-likeness (QED) is 0.498. The van der Waals surface area contributed by atoms with Crippen molar-refractivity contribution in [1.82, 2.24) is 19.2 Å². The maximum Gasteiger partial charge on any atom is 0.353 e. The highest BCUT2D eigenvalue weighted by atomic mass is 16.2. The number of aryl methyl sites for hydroxylation is 3. The highest BCUT2D eigenvalue weighted by molar-refractivity contribution is 5.92. The number of aromatic nitrogens is 4. The maximum atomic E-state index is 13.3. The van der Waals surface area contributed by atoms with E-state index < -0.39 is 0 Å². The van der Waals surface area contributed by atoms with Crippen molar-refractivity contribution in [3.8, 4) is 0 Å². The van der Waals surface area contributed by atoms with Gasteiger partial charge in [-0.15, -0.1) is 5.10 Å². The van der Waals surface area contributed by atoms with Crippen LogP contribution in [0.4, 0.5) is 11.6 Å². The number of anilines is 2. The van der Waals surface area contributed by atoms with E-state index in [1.807, 2.05) is 45.0 Å². The zero-order valence-corrected chi connectivity index (χ0v) is 19.7. The Kier molecular flexibility index (Phi) is 5.65. The molecule has 3 heterocycles. The van der Waals surface area contributed by atoms with E-state index in [0.717, 1.165) is 41.9 Å². The second kappa shape index (κ2) is 8.78. The summed E-state index contributed by atoms with van der Waals surface area (Å²) >= 11 is 0. The Bertz CT molecular complexity index is 1450. The van der Waals surface area contributed by atoms with Crippen LogP contribution >= 0.6 is 0 Å². The van der Waals surface area contributed by atoms with Crippen LogP contribution < -0.4 is 15.9 Å². The fourth-order valence-corrected chi connectivity index (χ4v) is 4.63. The van der Waals surface area contributed by atoms with E-state index in [2.05, 4.69) is 38.5 Å². The van der Waals surface area contributed by atoms with Crippen LogP contribution in [-0.4, -0.2) is 31.6 Å². The molecule has 0 unspecified atom stereocenters. The monoisotopic (exact) mass is 456 g/mol. The third-order valence-electron chi connectivity index (χ3n) is 6.39. The molecule has 1 amide bonds. The second-order valence-corrected chi connectivity index (χ2v) is 8.78. The minimum atomic E-state index is -0.369. The molecule has 8 heteroatoms. The molecule has 0 fully saturated rings. The van der Waals surface area contributed by atoms with Crippen molar-refractivity contribution in [2.24, 2.45) is 0 Å². The van der Waals surface area contributed by atoms with Crippen LogP contribution in [0, 0.1) is 13.8 Å². The molecule has 1 aliphatic heterocycles. The number of nitrogens with one attached hydrogen (secondary N) is 1. The summed E-state index contributed by atoms with van der Waals surface area (Å²) in [5.74, 6) is 0.279. The molecule has 0 atom stereocenters. The Labute approximate surface area is 197 Å². The number of hydrogen-bond acceptors (Lipinski definition) is 5. The molecule has 1 aliphatic rings. The molecular weight excluding hydrogens is 428 g/mol. The van der Waals surface area contributed by atoms with Crippen molar-refractivity contribution in [2.45, 2.75) is 46.7 Å². The third kappa shape index (κ3) is 3.96. The molecule has 0 saturated heterocycles. The Morgan fingerprint density at radius 2 is 1.88 bits per heavy atom. The zero-order chi connectivity index (χ0) is 23.8. The fraction of sp³-hybridized carbons (Fsp3) is 0.308. The molecule has 0 radical (unpaired) electrons. The topological polar surface area (TPSA) is 84.5 Å². The van der Waals surface area contributed by atoms with Crippen molar-refractivity contribution in [1.29, 1.82) is 0 Å². The normalized spacial score (nSPS) is 13.2. The average Bonchev–Trinajstić information content (AvgIpc) is 3.14. The van der Waals surface area contributed by atoms with E-state index in [1.165, 1.54) is 20.2 Å². The van der Waals surface area contributed by atoms with E-state index in [-0.39, 0.29) is 18.1 Å². The van der Waals surface area contributed by atoms with Crippen LogP contribution in [0.1, 0.15) is 34.9 Å². The lowest BCUT2D eigenvalue weighted by Crippen LogP contribution is -2.35. The molecule has 8 nitrogen and oxygen atoms in total. The first kappa shape index (κ1) is 21.9. The maximum absolute atomic E-state index is 13.3. The number of benzene rings is 2. The van der Waals surface area contributed by atoms with E-state index >= 15 is 0 Å². The number of para-hydroxylation sites is 1. The molecule has 4 aromatic rings. The molecule has 174 valence electrons. The van der Waals surface area contributed by atoms with Crippen molar-refractivity contribution in [3.05, 3.63) is 87.0 Å². The number of nitrogens with zero attached hydrogens (tertiary/aromatic N) is 5. The van der Waals surface area contributed by atoms with E-state index in [4.69, 9.17) is 0 Å². The Morgan fingerprint density at radius 1 is 1.09 bits per heavy atom. The van der Waals surface area contributed by atoms with Crippen LogP contribution in [0.5, 0.6) is 0 Å². The smallest absolute Gasteiger partial charge is 0.337 e. The molecule has 0 saturated carbocycles. The van der Waals surface area contributed by atoms with Gasteiger partial charge in [-0.3, -0.25) is 4.79 Å². The minimum absolute atomic E-state index is 0.167. The second-order valence-electron chi connectivity index (χ2n) is 8.78. The summed E-state index contributed by atoms with van der Waals surface area (Å²) in [6.07, 6.45) is 1.69. The van der Waals surface area contributed by atoms with Gasteiger partial charge in [-0.25, -0.2) is 18.9 Å². The van der Waals surface area contributed by atoms with Crippen molar-refractivity contribution in [2.75, 3.05) is 16.8 Å². The summed E-state index contributed by atoms with van der Waals surface area (Å²) in [6.45, 7) is 7.16. The summed E-state index contributed by atoms with van der Waals surface area (Å²) in [5, 5.41) is 7.44. The van der Waals surface area contributed by atoms with Crippen molar-refractivity contribution >= 4 is 23.2 Å². The van der Waals surface area contributed by atoms with Gasteiger partial charge in [0.05, 0.1) is 0 Å². The Morgan fingerprint density at radius 3 is 2.68 bits per heavy atom. The zero-order valence-electron chi connectivity index (χ0n) is 19.7. The lowest BCUT2D eigenvalue weighted by molar-refractivity contribution is -0.117. The van der Waals surface area contributed by atoms with Gasteiger partial charge in [0.1, 0.15) is 6.54 Å². The molecular formula is C26H28N6O2. The van der Waals surface area contributed by atoms with E-state index in [9.17, 15) is 9.59 Å². The number of carbonyl (C=O) groups excluding carboxylic acids is 1. The minimum Gasteiger partial charge on any atom is -0.337 e. The third-order valence-corrected chi connectivity index (χ3v) is 6.39. The first-order valence-electron chi connectivity index (χ1n) is 11.6. The number of carbonyl (C=O) groups is 1. The van der Waals surface area contributed by atoms with Gasteiger partial charge in [0, 0.05) is 30.5 Å². The molecule has 34 heavy (non-hydrogen) atoms. The number of fused-ring (bicyclic) bond motifs is 2. The predicted molar refractivity (Wildman–Crippen MR) is 132 cm³/mol. The molecule has 0 aliphatic carbocycles. The van der Waals surface area contributed by atoms with Gasteiger partial charge < -0.3 is 10.2 Å². The largest absolute Gasteiger partial charge is 0.353 e. The highest BCUT2D eigenvalue weighted by Crippen LogP contribution is 2.24. The van der Waals surface area contributed by atoms with Crippen LogP contribution in [-0.2, 0) is 30.7 Å². The van der Waals surface area contributed by atoms with Crippen LogP contribution in [0.3, 0.4) is 0 Å². The summed E-state index contributed by atoms with van der Waals surface area (Å²) in [5.41, 5.74) is 6.30. The predicted octanol–water partition coefficient (Wildman–Crippen LogP) is 3.27. The molecule has 2 aromatic heterocycles. The van der Waals surface area contributed by atoms with Crippen LogP contribution in [0.2, 0.25) is 0 Å². The summed E-state index contributed by atoms with van der Waals surface area (Å²) in [7, 11) is 0. The van der Waals surface area contributed by atoms with Crippen LogP contribution in [0.25, 0.3) is 5.65 Å². The first-order chi connectivity index (χ1) is 16.4. The first-order valence-corrected chi connectivity index (χ1v) is 11.6. The Hall–Kier alpha value is -3.94. The number of hydrogen-bond donors (Lipinski definition) is 1. The summed E-state index contributed by atoms with van der Waals surface area (Å²) in [6, 6.07) is 16.1. The van der Waals surface area contributed by atoms with Crippen molar-refractivity contribution < 1.29 is 4.79 Å². The SMILES string of the molecule is CCc1cccc(C)c1NC(=O)Cn1nc2cc(C)nc(N3CCc4ccccc4C3)n2c1=O. The van der Waals surface area contributed by atoms with Gasteiger partial charge >= 0.3 is 5.69 Å². The Balaban J connectivity index is 1.46. The number of rotatable bonds is 5. The molecule has 0 bridgehead atoms. The van der Waals surface area contributed by atoms with E-state index in [1.54, 1.807) is 6.07 Å². The molecule has 1 N–H and O–H groups in total. The lowest BCUT2D eigenvalue weighted by Gasteiger charge is -2.29. The number of amides is 1. The van der Waals surface area contributed by atoms with Crippen LogP contribution in [0.15, 0.2) is 53.3 Å². The van der Waals surface area contributed by atoms with Gasteiger partial charge in [-0.1, -0.05) is 49.4 Å². The van der Waals surface area contributed by atoms with Gasteiger partial charge in [0.15, 0.2) is 5.65 Å². The summed E-state index contributed by atoms with van der Waals surface area (Å²) in [4.78, 5) is 33.0. The molecule has 2 aromatic carbocycles. The molecule has 5 rings (SSSR count). The van der Waals surface area contributed by atoms with Crippen molar-refractivity contribution in [3.63, 3.8) is 0 Å². The lowest BCUT2D eigenvalue weighted by atomic mass is 10.0. The van der Waals surface area contributed by atoms with Gasteiger partial charge in [0.2, 0.25) is 11.9 Å². The van der Waals surface area contributed by atoms with Gasteiger partial charge in [-0.2, -0.15) is 0 Å². The standard InChI is InChI=1S/C26H28N6O2/c1-4-19-11-7-8-17(2)24(19)28-23(33)16-31-26(34)32-22(29-31)14-18(3)27-25(32)30-13-12-20-9-5-6-10-21(20)15-30/h5-11,14H,4,12-13,15-16H2,1-3H3,(H,28,33). The average molecular weight is 457 g/mol. The summed E-state index contributed by atoms with van der Waals surface area (Å²) < 4.78 is 2.73. The highest BCUT2D eigenvalue weighted by Gasteiger charge is 2.23. The van der Waals surface area contributed by atoms with E-state index in [0.29, 0.717) is 18.1 Å². The fourth-order valence-electron chi connectivity index (χ4n) is 4.63. The molecule has 0 spiro atoms.